The Morgan fingerprint density at radius 2 is 1.74 bits per heavy atom. The lowest BCUT2D eigenvalue weighted by Gasteiger charge is -2.39. The molecule has 0 aromatic carbocycles. The number of nitrogens with one attached hydrogen (secondary N) is 1. The smallest absolute Gasteiger partial charge is 0.00640 e. The van der Waals surface area contributed by atoms with Gasteiger partial charge in [-0.25, -0.2) is 0 Å². The van der Waals surface area contributed by atoms with Gasteiger partial charge in [-0.2, -0.15) is 0 Å². The minimum Gasteiger partial charge on any atom is -0.316 e. The molecule has 0 amide bonds. The normalized spacial score (nSPS) is 21.3. The van der Waals surface area contributed by atoms with E-state index in [4.69, 9.17) is 0 Å². The molecule has 0 spiro atoms. The summed E-state index contributed by atoms with van der Waals surface area (Å²) in [6.45, 7) is 10.5. The molecule has 1 saturated carbocycles. The zero-order valence-corrected chi connectivity index (χ0v) is 13.8. The highest BCUT2D eigenvalue weighted by molar-refractivity contribution is 4.87. The van der Waals surface area contributed by atoms with Gasteiger partial charge in [0.15, 0.2) is 0 Å². The molecule has 1 aliphatic carbocycles. The molecule has 2 nitrogen and oxygen atoms in total. The third-order valence-electron chi connectivity index (χ3n) is 4.96. The maximum absolute atomic E-state index is 3.64. The van der Waals surface area contributed by atoms with Crippen molar-refractivity contribution < 1.29 is 0 Å². The quantitative estimate of drug-likeness (QED) is 0.668. The van der Waals surface area contributed by atoms with Crippen LogP contribution in [0.15, 0.2) is 0 Å². The van der Waals surface area contributed by atoms with Gasteiger partial charge in [-0.15, -0.1) is 0 Å². The van der Waals surface area contributed by atoms with Gasteiger partial charge in [-0.1, -0.05) is 46.0 Å². The van der Waals surface area contributed by atoms with Gasteiger partial charge in [-0.05, 0) is 45.2 Å². The van der Waals surface area contributed by atoms with Crippen LogP contribution in [0.5, 0.6) is 0 Å². The van der Waals surface area contributed by atoms with Gasteiger partial charge in [0.25, 0.3) is 0 Å². The first-order valence-corrected chi connectivity index (χ1v) is 8.54. The maximum Gasteiger partial charge on any atom is 0.00640 e. The van der Waals surface area contributed by atoms with Crippen molar-refractivity contribution in [2.24, 2.45) is 5.41 Å². The van der Waals surface area contributed by atoms with Gasteiger partial charge in [0.05, 0.1) is 0 Å². The number of hydrogen-bond acceptors (Lipinski definition) is 2. The fourth-order valence-corrected chi connectivity index (χ4v) is 3.58. The van der Waals surface area contributed by atoms with E-state index in [1.54, 1.807) is 0 Å². The molecule has 19 heavy (non-hydrogen) atoms. The highest BCUT2D eigenvalue weighted by atomic mass is 15.1. The van der Waals surface area contributed by atoms with Gasteiger partial charge in [0.1, 0.15) is 0 Å². The summed E-state index contributed by atoms with van der Waals surface area (Å²) in [4.78, 5) is 2.62. The van der Waals surface area contributed by atoms with Crippen LogP contribution in [0.4, 0.5) is 0 Å². The summed E-state index contributed by atoms with van der Waals surface area (Å²) in [5.41, 5.74) is 0.531. The third-order valence-corrected chi connectivity index (χ3v) is 4.96. The molecular formula is C17H36N2. The molecule has 1 atom stereocenters. The lowest BCUT2D eigenvalue weighted by atomic mass is 9.79. The van der Waals surface area contributed by atoms with E-state index in [9.17, 15) is 0 Å². The SMILES string of the molecule is CCCC(C)N(C)CC1(CNCC)CCCCCC1. The summed E-state index contributed by atoms with van der Waals surface area (Å²) in [6.07, 6.45) is 11.2. The van der Waals surface area contributed by atoms with E-state index in [2.05, 4.69) is 38.0 Å². The summed E-state index contributed by atoms with van der Waals surface area (Å²) in [5.74, 6) is 0. The molecule has 0 bridgehead atoms. The number of hydrogen-bond donors (Lipinski definition) is 1. The maximum atomic E-state index is 3.64. The number of nitrogens with zero attached hydrogens (tertiary/aromatic N) is 1. The van der Waals surface area contributed by atoms with Crippen LogP contribution in [0.25, 0.3) is 0 Å². The van der Waals surface area contributed by atoms with Crippen molar-refractivity contribution in [2.45, 2.75) is 78.2 Å². The summed E-state index contributed by atoms with van der Waals surface area (Å²) in [6, 6.07) is 0.728. The van der Waals surface area contributed by atoms with Crippen LogP contribution in [-0.2, 0) is 0 Å². The van der Waals surface area contributed by atoms with E-state index >= 15 is 0 Å². The predicted octanol–water partition coefficient (Wildman–Crippen LogP) is 4.06. The van der Waals surface area contributed by atoms with Crippen LogP contribution in [0.1, 0.15) is 72.1 Å². The van der Waals surface area contributed by atoms with Gasteiger partial charge in [-0.3, -0.25) is 0 Å². The van der Waals surface area contributed by atoms with E-state index in [0.29, 0.717) is 5.41 Å². The first kappa shape index (κ1) is 17.0. The Morgan fingerprint density at radius 1 is 1.11 bits per heavy atom. The van der Waals surface area contributed by atoms with E-state index in [0.717, 1.165) is 12.6 Å². The molecule has 0 aliphatic heterocycles. The van der Waals surface area contributed by atoms with Gasteiger partial charge in [0, 0.05) is 19.1 Å². The summed E-state index contributed by atoms with van der Waals surface area (Å²) in [7, 11) is 2.33. The Balaban J connectivity index is 2.61. The van der Waals surface area contributed by atoms with Crippen LogP contribution >= 0.6 is 0 Å². The molecular weight excluding hydrogens is 232 g/mol. The topological polar surface area (TPSA) is 15.3 Å². The molecule has 0 saturated heterocycles. The molecule has 0 aromatic rings. The zero-order chi connectivity index (χ0) is 14.1. The van der Waals surface area contributed by atoms with E-state index < -0.39 is 0 Å². The molecule has 114 valence electrons. The lowest BCUT2D eigenvalue weighted by Crippen LogP contribution is -2.45. The van der Waals surface area contributed by atoms with Gasteiger partial charge >= 0.3 is 0 Å². The van der Waals surface area contributed by atoms with E-state index in [1.165, 1.54) is 64.5 Å². The second kappa shape index (κ2) is 8.97. The first-order chi connectivity index (χ1) is 9.13. The third kappa shape index (κ3) is 5.83. The fourth-order valence-electron chi connectivity index (χ4n) is 3.58. The highest BCUT2D eigenvalue weighted by Crippen LogP contribution is 2.35. The predicted molar refractivity (Wildman–Crippen MR) is 85.7 cm³/mol. The van der Waals surface area contributed by atoms with Crippen molar-refractivity contribution in [3.8, 4) is 0 Å². The average Bonchev–Trinajstić information content (AvgIpc) is 2.63. The lowest BCUT2D eigenvalue weighted by molar-refractivity contribution is 0.117. The fraction of sp³-hybridized carbons (Fsp3) is 1.00. The molecule has 1 aliphatic rings. The van der Waals surface area contributed by atoms with Gasteiger partial charge in [0.2, 0.25) is 0 Å². The van der Waals surface area contributed by atoms with Crippen LogP contribution in [0, 0.1) is 5.41 Å². The van der Waals surface area contributed by atoms with Gasteiger partial charge < -0.3 is 10.2 Å². The average molecular weight is 268 g/mol. The Hall–Kier alpha value is -0.0800. The molecule has 0 radical (unpaired) electrons. The van der Waals surface area contributed by atoms with Crippen LogP contribution in [0.2, 0.25) is 0 Å². The standard InChI is InChI=1S/C17H36N2/c1-5-11-16(3)19(4)15-17(14-18-6-2)12-9-7-8-10-13-17/h16,18H,5-15H2,1-4H3. The molecule has 1 unspecified atom stereocenters. The minimum absolute atomic E-state index is 0.531. The summed E-state index contributed by atoms with van der Waals surface area (Å²) >= 11 is 0. The first-order valence-electron chi connectivity index (χ1n) is 8.54. The van der Waals surface area contributed by atoms with Crippen molar-refractivity contribution in [2.75, 3.05) is 26.7 Å². The molecule has 1 rings (SSSR count). The van der Waals surface area contributed by atoms with E-state index in [1.807, 2.05) is 0 Å². The second-order valence-electron chi connectivity index (χ2n) is 6.75. The largest absolute Gasteiger partial charge is 0.316 e. The van der Waals surface area contributed by atoms with Crippen molar-refractivity contribution in [3.05, 3.63) is 0 Å². The summed E-state index contributed by atoms with van der Waals surface area (Å²) in [5, 5.41) is 3.64. The minimum atomic E-state index is 0.531. The monoisotopic (exact) mass is 268 g/mol. The summed E-state index contributed by atoms with van der Waals surface area (Å²) < 4.78 is 0. The highest BCUT2D eigenvalue weighted by Gasteiger charge is 2.32. The molecule has 1 fully saturated rings. The Morgan fingerprint density at radius 3 is 2.26 bits per heavy atom. The molecule has 0 aromatic heterocycles. The Labute approximate surface area is 121 Å². The van der Waals surface area contributed by atoms with Crippen LogP contribution in [-0.4, -0.2) is 37.6 Å². The molecule has 0 heterocycles. The van der Waals surface area contributed by atoms with Crippen LogP contribution < -0.4 is 5.32 Å². The molecule has 2 heteroatoms. The zero-order valence-electron chi connectivity index (χ0n) is 13.8. The van der Waals surface area contributed by atoms with Crippen molar-refractivity contribution in [1.82, 2.24) is 10.2 Å². The van der Waals surface area contributed by atoms with Crippen molar-refractivity contribution >= 4 is 0 Å². The Kier molecular flexibility index (Phi) is 8.01. The van der Waals surface area contributed by atoms with Crippen molar-refractivity contribution in [3.63, 3.8) is 0 Å². The second-order valence-corrected chi connectivity index (χ2v) is 6.75. The van der Waals surface area contributed by atoms with Crippen molar-refractivity contribution in [1.29, 1.82) is 0 Å². The molecule has 1 N–H and O–H groups in total. The van der Waals surface area contributed by atoms with E-state index in [-0.39, 0.29) is 0 Å². The number of rotatable bonds is 8. The Bertz CT molecular complexity index is 219. The van der Waals surface area contributed by atoms with Crippen LogP contribution in [0.3, 0.4) is 0 Å².